The molecule has 2 fully saturated rings. The molecule has 2 aliphatic rings. The third-order valence-corrected chi connectivity index (χ3v) is 5.21. The molecule has 116 valence electrons. The molecule has 0 radical (unpaired) electrons. The summed E-state index contributed by atoms with van der Waals surface area (Å²) in [6, 6.07) is 0.196. The van der Waals surface area contributed by atoms with E-state index in [1.54, 1.807) is 6.26 Å². The Kier molecular flexibility index (Phi) is 4.07. The van der Waals surface area contributed by atoms with Crippen LogP contribution in [0.1, 0.15) is 60.2 Å². The first-order valence-electron chi connectivity index (χ1n) is 8.13. The van der Waals surface area contributed by atoms with E-state index in [1.165, 1.54) is 6.42 Å². The van der Waals surface area contributed by atoms with Crippen molar-refractivity contribution >= 4 is 5.91 Å². The van der Waals surface area contributed by atoms with Crippen LogP contribution in [0.4, 0.5) is 0 Å². The van der Waals surface area contributed by atoms with Gasteiger partial charge in [0, 0.05) is 24.1 Å². The lowest BCUT2D eigenvalue weighted by molar-refractivity contribution is 0.0211. The Morgan fingerprint density at radius 3 is 2.67 bits per heavy atom. The van der Waals surface area contributed by atoms with Crippen molar-refractivity contribution in [2.24, 2.45) is 5.92 Å². The van der Waals surface area contributed by atoms with Gasteiger partial charge in [0.25, 0.3) is 5.91 Å². The largest absolute Gasteiger partial charge is 0.469 e. The van der Waals surface area contributed by atoms with Crippen molar-refractivity contribution in [3.63, 3.8) is 0 Å². The van der Waals surface area contributed by atoms with Crippen LogP contribution < -0.4 is 0 Å². The van der Waals surface area contributed by atoms with E-state index in [-0.39, 0.29) is 24.0 Å². The van der Waals surface area contributed by atoms with Crippen molar-refractivity contribution in [2.45, 2.75) is 64.5 Å². The molecular weight excluding hydrogens is 266 g/mol. The molecular formula is C17H25NO3. The average molecular weight is 291 g/mol. The fourth-order valence-corrected chi connectivity index (χ4v) is 4.11. The van der Waals surface area contributed by atoms with Gasteiger partial charge in [0.05, 0.1) is 17.9 Å². The van der Waals surface area contributed by atoms with Crippen LogP contribution in [0.5, 0.6) is 0 Å². The molecule has 1 aromatic rings. The van der Waals surface area contributed by atoms with E-state index >= 15 is 0 Å². The Hall–Kier alpha value is -1.29. The van der Waals surface area contributed by atoms with E-state index in [0.717, 1.165) is 44.2 Å². The van der Waals surface area contributed by atoms with Gasteiger partial charge in [-0.15, -0.1) is 0 Å². The van der Waals surface area contributed by atoms with E-state index in [4.69, 9.17) is 4.42 Å². The predicted molar refractivity (Wildman–Crippen MR) is 80.2 cm³/mol. The number of rotatable bonds is 2. The highest BCUT2D eigenvalue weighted by Crippen LogP contribution is 2.36. The number of nitrogens with zero attached hydrogens (tertiary/aromatic N) is 1. The topological polar surface area (TPSA) is 53.7 Å². The maximum atomic E-state index is 12.9. The van der Waals surface area contributed by atoms with Gasteiger partial charge in [-0.05, 0) is 39.5 Å². The van der Waals surface area contributed by atoms with Crippen molar-refractivity contribution in [1.29, 1.82) is 0 Å². The molecule has 0 bridgehead atoms. The molecule has 0 unspecified atom stereocenters. The first-order chi connectivity index (χ1) is 10.1. The van der Waals surface area contributed by atoms with Gasteiger partial charge in [-0.25, -0.2) is 0 Å². The van der Waals surface area contributed by atoms with Gasteiger partial charge >= 0.3 is 0 Å². The fraction of sp³-hybridized carbons (Fsp3) is 0.706. The number of carbonyl (C=O) groups is 1. The second-order valence-corrected chi connectivity index (χ2v) is 6.57. The van der Waals surface area contributed by atoms with Gasteiger partial charge in [0.2, 0.25) is 0 Å². The summed E-state index contributed by atoms with van der Waals surface area (Å²) < 4.78 is 5.38. The molecule has 1 saturated carbocycles. The molecule has 0 aromatic carbocycles. The van der Waals surface area contributed by atoms with Crippen LogP contribution in [0.15, 0.2) is 10.7 Å². The van der Waals surface area contributed by atoms with Crippen LogP contribution in [-0.4, -0.2) is 34.6 Å². The van der Waals surface area contributed by atoms with Gasteiger partial charge in [-0.1, -0.05) is 12.8 Å². The van der Waals surface area contributed by atoms with Gasteiger partial charge in [-0.3, -0.25) is 4.79 Å². The zero-order chi connectivity index (χ0) is 15.0. The van der Waals surface area contributed by atoms with Crippen molar-refractivity contribution < 1.29 is 14.3 Å². The van der Waals surface area contributed by atoms with Crippen LogP contribution in [0.2, 0.25) is 0 Å². The summed E-state index contributed by atoms with van der Waals surface area (Å²) in [6.07, 6.45) is 7.67. The quantitative estimate of drug-likeness (QED) is 0.911. The number of hydrogen-bond acceptors (Lipinski definition) is 3. The molecule has 1 aliphatic heterocycles. The molecule has 1 amide bonds. The van der Waals surface area contributed by atoms with Gasteiger partial charge < -0.3 is 14.4 Å². The molecule has 2 heterocycles. The minimum Gasteiger partial charge on any atom is -0.469 e. The number of carbonyl (C=O) groups excluding carboxylic acids is 1. The lowest BCUT2D eigenvalue weighted by Gasteiger charge is -2.37. The Bertz CT molecular complexity index is 503. The van der Waals surface area contributed by atoms with Gasteiger partial charge in [-0.2, -0.15) is 0 Å². The molecule has 21 heavy (non-hydrogen) atoms. The van der Waals surface area contributed by atoms with Crippen molar-refractivity contribution in [3.8, 4) is 0 Å². The second-order valence-electron chi connectivity index (χ2n) is 6.57. The maximum absolute atomic E-state index is 12.9. The summed E-state index contributed by atoms with van der Waals surface area (Å²) in [5.74, 6) is 1.03. The van der Waals surface area contributed by atoms with E-state index in [1.807, 2.05) is 18.7 Å². The van der Waals surface area contributed by atoms with Crippen molar-refractivity contribution in [2.75, 3.05) is 6.54 Å². The Labute approximate surface area is 126 Å². The highest BCUT2D eigenvalue weighted by Gasteiger charge is 2.40. The van der Waals surface area contributed by atoms with Gasteiger partial charge in [0.1, 0.15) is 5.76 Å². The lowest BCUT2D eigenvalue weighted by atomic mass is 9.80. The monoisotopic (exact) mass is 291 g/mol. The first kappa shape index (κ1) is 14.6. The van der Waals surface area contributed by atoms with E-state index < -0.39 is 0 Å². The number of furan rings is 1. The second kappa shape index (κ2) is 5.84. The fourth-order valence-electron chi connectivity index (χ4n) is 4.11. The van der Waals surface area contributed by atoms with Crippen LogP contribution in [0.25, 0.3) is 0 Å². The summed E-state index contributed by atoms with van der Waals surface area (Å²) in [4.78, 5) is 14.9. The number of hydrogen-bond donors (Lipinski definition) is 1. The molecule has 1 N–H and O–H groups in total. The molecule has 3 rings (SSSR count). The Morgan fingerprint density at radius 1 is 1.24 bits per heavy atom. The molecule has 4 nitrogen and oxygen atoms in total. The van der Waals surface area contributed by atoms with E-state index in [9.17, 15) is 9.90 Å². The summed E-state index contributed by atoms with van der Waals surface area (Å²) in [5, 5.41) is 10.3. The van der Waals surface area contributed by atoms with Crippen LogP contribution in [-0.2, 0) is 0 Å². The Balaban J connectivity index is 1.82. The molecule has 0 spiro atoms. The number of aliphatic hydroxyl groups is 1. The van der Waals surface area contributed by atoms with E-state index in [0.29, 0.717) is 11.3 Å². The minimum atomic E-state index is -0.247. The highest BCUT2D eigenvalue weighted by molar-refractivity contribution is 5.96. The van der Waals surface area contributed by atoms with Crippen LogP contribution >= 0.6 is 0 Å². The number of aryl methyl sites for hydroxylation is 2. The molecule has 1 aromatic heterocycles. The third-order valence-electron chi connectivity index (χ3n) is 5.21. The number of aliphatic hydroxyl groups excluding tert-OH is 1. The van der Waals surface area contributed by atoms with Gasteiger partial charge in [0.15, 0.2) is 0 Å². The van der Waals surface area contributed by atoms with Crippen molar-refractivity contribution in [3.05, 3.63) is 23.2 Å². The van der Waals surface area contributed by atoms with Crippen LogP contribution in [0, 0.1) is 19.8 Å². The zero-order valence-electron chi connectivity index (χ0n) is 13.0. The number of amides is 1. The van der Waals surface area contributed by atoms with Crippen molar-refractivity contribution in [1.82, 2.24) is 4.90 Å². The van der Waals surface area contributed by atoms with Crippen LogP contribution in [0.3, 0.4) is 0 Å². The smallest absolute Gasteiger partial charge is 0.257 e. The maximum Gasteiger partial charge on any atom is 0.257 e. The van der Waals surface area contributed by atoms with E-state index in [2.05, 4.69) is 0 Å². The summed E-state index contributed by atoms with van der Waals surface area (Å²) >= 11 is 0. The molecule has 1 saturated heterocycles. The summed E-state index contributed by atoms with van der Waals surface area (Å²) in [6.45, 7) is 4.57. The standard InChI is InChI=1S/C17H25NO3/c1-11-10-21-12(2)16(11)17(20)18-9-5-7-14(18)13-6-3-4-8-15(13)19/h10,13-15,19H,3-9H2,1-2H3/t13-,14-,15-/m1/s1. The Morgan fingerprint density at radius 2 is 2.00 bits per heavy atom. The average Bonchev–Trinajstić information content (AvgIpc) is 3.06. The zero-order valence-corrected chi connectivity index (χ0v) is 13.0. The normalized spacial score (nSPS) is 29.9. The summed E-state index contributed by atoms with van der Waals surface area (Å²) in [7, 11) is 0. The lowest BCUT2D eigenvalue weighted by Crippen LogP contribution is -2.45. The third kappa shape index (κ3) is 2.61. The summed E-state index contributed by atoms with van der Waals surface area (Å²) in [5.41, 5.74) is 1.62. The molecule has 3 atom stereocenters. The highest BCUT2D eigenvalue weighted by atomic mass is 16.3. The first-order valence-corrected chi connectivity index (χ1v) is 8.13. The predicted octanol–water partition coefficient (Wildman–Crippen LogP) is 3.05. The molecule has 1 aliphatic carbocycles. The molecule has 4 heteroatoms. The SMILES string of the molecule is Cc1coc(C)c1C(=O)N1CCC[C@@H]1[C@H]1CCCC[C@H]1O. The minimum absolute atomic E-state index is 0.0824. The number of likely N-dealkylation sites (tertiary alicyclic amines) is 1.